The van der Waals surface area contributed by atoms with Gasteiger partial charge in [-0.3, -0.25) is 4.79 Å². The minimum atomic E-state index is -3.83. The number of rotatable bonds is 7. The summed E-state index contributed by atoms with van der Waals surface area (Å²) in [6.07, 6.45) is 2.01. The highest BCUT2D eigenvalue weighted by atomic mass is 79.9. The van der Waals surface area contributed by atoms with Crippen LogP contribution in [0.2, 0.25) is 0 Å². The van der Waals surface area contributed by atoms with Crippen molar-refractivity contribution in [3.8, 4) is 0 Å². The molecule has 0 spiro atoms. The number of carbonyl (C=O) groups excluding carboxylic acids is 1. The maximum absolute atomic E-state index is 13.0. The van der Waals surface area contributed by atoms with Crippen molar-refractivity contribution in [1.82, 2.24) is 14.9 Å². The van der Waals surface area contributed by atoms with E-state index in [0.29, 0.717) is 0 Å². The van der Waals surface area contributed by atoms with Gasteiger partial charge in [0, 0.05) is 10.5 Å². The summed E-state index contributed by atoms with van der Waals surface area (Å²) in [4.78, 5) is 15.4. The van der Waals surface area contributed by atoms with Crippen molar-refractivity contribution in [2.45, 2.75) is 36.2 Å². The van der Waals surface area contributed by atoms with Crippen LogP contribution in [0.1, 0.15) is 18.4 Å². The van der Waals surface area contributed by atoms with Gasteiger partial charge in [-0.15, -0.1) is 0 Å². The maximum Gasteiger partial charge on any atom is 0.241 e. The Morgan fingerprint density at radius 3 is 2.34 bits per heavy atom. The van der Waals surface area contributed by atoms with Crippen LogP contribution in [0.5, 0.6) is 0 Å². The summed E-state index contributed by atoms with van der Waals surface area (Å²) < 4.78 is 29.1. The topological polar surface area (TPSA) is 78.5 Å². The number of sulfonamides is 1. The molecule has 8 heteroatoms. The summed E-state index contributed by atoms with van der Waals surface area (Å²) in [5, 5.41) is 3.04. The molecule has 3 rings (SSSR count). The lowest BCUT2D eigenvalue weighted by atomic mass is 10.0. The molecule has 1 aliphatic heterocycles. The zero-order valence-electron chi connectivity index (χ0n) is 16.3. The first-order valence-electron chi connectivity index (χ1n) is 9.64. The van der Waals surface area contributed by atoms with E-state index in [-0.39, 0.29) is 23.3 Å². The molecule has 29 heavy (non-hydrogen) atoms. The summed E-state index contributed by atoms with van der Waals surface area (Å²) in [6, 6.07) is 15.0. The lowest BCUT2D eigenvalue weighted by Gasteiger charge is -2.30. The van der Waals surface area contributed by atoms with Crippen LogP contribution in [0.4, 0.5) is 0 Å². The Morgan fingerprint density at radius 1 is 1.10 bits per heavy atom. The smallest absolute Gasteiger partial charge is 0.241 e. The number of hydrogen-bond donors (Lipinski definition) is 2. The van der Waals surface area contributed by atoms with Crippen molar-refractivity contribution in [3.63, 3.8) is 0 Å². The summed E-state index contributed by atoms with van der Waals surface area (Å²) in [5.74, 6) is -0.288. The predicted octanol–water partition coefficient (Wildman–Crippen LogP) is 2.55. The van der Waals surface area contributed by atoms with Gasteiger partial charge in [-0.1, -0.05) is 46.3 Å². The molecule has 1 heterocycles. The Labute approximate surface area is 180 Å². The van der Waals surface area contributed by atoms with E-state index in [4.69, 9.17) is 0 Å². The van der Waals surface area contributed by atoms with Crippen LogP contribution in [0.15, 0.2) is 64.0 Å². The third kappa shape index (κ3) is 6.37. The number of hydrogen-bond acceptors (Lipinski definition) is 4. The number of carbonyl (C=O) groups is 1. The van der Waals surface area contributed by atoms with E-state index in [2.05, 4.69) is 37.9 Å². The molecular formula is C21H26BrN3O3S. The predicted molar refractivity (Wildman–Crippen MR) is 117 cm³/mol. The van der Waals surface area contributed by atoms with Crippen LogP contribution in [0.25, 0.3) is 0 Å². The molecule has 0 saturated carbocycles. The van der Waals surface area contributed by atoms with Crippen LogP contribution in [0.3, 0.4) is 0 Å². The van der Waals surface area contributed by atoms with Crippen molar-refractivity contribution >= 4 is 31.9 Å². The molecule has 2 aromatic rings. The lowest BCUT2D eigenvalue weighted by Crippen LogP contribution is -2.52. The van der Waals surface area contributed by atoms with Crippen molar-refractivity contribution in [2.75, 3.05) is 20.1 Å². The first-order valence-corrected chi connectivity index (χ1v) is 11.9. The number of amides is 1. The quantitative estimate of drug-likeness (QED) is 0.639. The first-order chi connectivity index (χ1) is 13.8. The first kappa shape index (κ1) is 22.0. The maximum atomic E-state index is 13.0. The zero-order chi connectivity index (χ0) is 20.9. The molecule has 6 nitrogen and oxygen atoms in total. The Hall–Kier alpha value is -1.74. The standard InChI is InChI=1S/C21H26BrN3O3S/c1-25-13-11-18(12-14-25)23-21(26)20(15-16-5-3-2-4-6-16)24-29(27,28)19-9-7-17(22)8-10-19/h2-10,18,20,24H,11-15H2,1H3,(H,23,26)/t20-/m1/s1. The molecule has 156 valence electrons. The van der Waals surface area contributed by atoms with Gasteiger partial charge in [0.15, 0.2) is 0 Å². The van der Waals surface area contributed by atoms with E-state index in [9.17, 15) is 13.2 Å². The molecule has 1 aliphatic rings. The Bertz CT molecular complexity index is 912. The van der Waals surface area contributed by atoms with E-state index in [1.165, 1.54) is 12.1 Å². The number of benzene rings is 2. The van der Waals surface area contributed by atoms with E-state index in [1.807, 2.05) is 30.3 Å². The van der Waals surface area contributed by atoms with Gasteiger partial charge >= 0.3 is 0 Å². The molecule has 0 bridgehead atoms. The van der Waals surface area contributed by atoms with Crippen molar-refractivity contribution in [1.29, 1.82) is 0 Å². The van der Waals surface area contributed by atoms with Crippen LogP contribution < -0.4 is 10.0 Å². The Balaban J connectivity index is 1.76. The van der Waals surface area contributed by atoms with Gasteiger partial charge < -0.3 is 10.2 Å². The fourth-order valence-electron chi connectivity index (χ4n) is 3.36. The average Bonchev–Trinajstić information content (AvgIpc) is 2.70. The van der Waals surface area contributed by atoms with Gasteiger partial charge in [-0.25, -0.2) is 8.42 Å². The summed E-state index contributed by atoms with van der Waals surface area (Å²) in [7, 11) is -1.77. The van der Waals surface area contributed by atoms with Gasteiger partial charge in [0.25, 0.3) is 0 Å². The van der Waals surface area contributed by atoms with Gasteiger partial charge in [0.05, 0.1) is 4.90 Å². The number of nitrogens with one attached hydrogen (secondary N) is 2. The second-order valence-corrected chi connectivity index (χ2v) is 10.0. The Morgan fingerprint density at radius 2 is 1.72 bits per heavy atom. The average molecular weight is 480 g/mol. The molecule has 0 unspecified atom stereocenters. The normalized spacial score (nSPS) is 17.0. The molecule has 0 radical (unpaired) electrons. The minimum absolute atomic E-state index is 0.0640. The van der Waals surface area contributed by atoms with Crippen LogP contribution in [-0.4, -0.2) is 51.4 Å². The molecule has 1 saturated heterocycles. The molecule has 1 fully saturated rings. The molecule has 1 atom stereocenters. The van der Waals surface area contributed by atoms with Crippen molar-refractivity contribution in [3.05, 3.63) is 64.6 Å². The van der Waals surface area contributed by atoms with E-state index in [1.54, 1.807) is 12.1 Å². The summed E-state index contributed by atoms with van der Waals surface area (Å²) >= 11 is 3.31. The third-order valence-corrected chi connectivity index (χ3v) is 7.10. The number of likely N-dealkylation sites (tertiary alicyclic amines) is 1. The van der Waals surface area contributed by atoms with Crippen molar-refractivity contribution < 1.29 is 13.2 Å². The van der Waals surface area contributed by atoms with Gasteiger partial charge in [-0.05, 0) is 69.2 Å². The molecule has 2 N–H and O–H groups in total. The Kier molecular flexibility index (Phi) is 7.45. The van der Waals surface area contributed by atoms with Crippen LogP contribution in [0, 0.1) is 0 Å². The third-order valence-electron chi connectivity index (χ3n) is 5.09. The highest BCUT2D eigenvalue weighted by molar-refractivity contribution is 9.10. The number of piperidine rings is 1. The molecule has 2 aromatic carbocycles. The zero-order valence-corrected chi connectivity index (χ0v) is 18.7. The molecule has 1 amide bonds. The van der Waals surface area contributed by atoms with Crippen LogP contribution >= 0.6 is 15.9 Å². The SMILES string of the molecule is CN1CCC(NC(=O)[C@@H](Cc2ccccc2)NS(=O)(=O)c2ccc(Br)cc2)CC1. The minimum Gasteiger partial charge on any atom is -0.352 e. The highest BCUT2D eigenvalue weighted by Crippen LogP contribution is 2.16. The second-order valence-electron chi connectivity index (χ2n) is 7.40. The summed E-state index contributed by atoms with van der Waals surface area (Å²) in [6.45, 7) is 1.83. The summed E-state index contributed by atoms with van der Waals surface area (Å²) in [5.41, 5.74) is 0.898. The van der Waals surface area contributed by atoms with Gasteiger partial charge in [0.2, 0.25) is 15.9 Å². The fourth-order valence-corrected chi connectivity index (χ4v) is 4.82. The lowest BCUT2D eigenvalue weighted by molar-refractivity contribution is -0.123. The highest BCUT2D eigenvalue weighted by Gasteiger charge is 2.28. The molecular weight excluding hydrogens is 454 g/mol. The largest absolute Gasteiger partial charge is 0.352 e. The fraction of sp³-hybridized carbons (Fsp3) is 0.381. The number of nitrogens with zero attached hydrogens (tertiary/aromatic N) is 1. The number of halogens is 1. The van der Waals surface area contributed by atoms with Gasteiger partial charge in [0.1, 0.15) is 6.04 Å². The second kappa shape index (κ2) is 9.84. The van der Waals surface area contributed by atoms with Crippen LogP contribution in [-0.2, 0) is 21.2 Å². The molecule has 0 aliphatic carbocycles. The monoisotopic (exact) mass is 479 g/mol. The van der Waals surface area contributed by atoms with Crippen molar-refractivity contribution in [2.24, 2.45) is 0 Å². The van der Waals surface area contributed by atoms with E-state index in [0.717, 1.165) is 36.0 Å². The molecule has 0 aromatic heterocycles. The van der Waals surface area contributed by atoms with Gasteiger partial charge in [-0.2, -0.15) is 4.72 Å². The van der Waals surface area contributed by atoms with E-state index < -0.39 is 16.1 Å². The van der Waals surface area contributed by atoms with E-state index >= 15 is 0 Å².